The van der Waals surface area contributed by atoms with Crippen LogP contribution < -0.4 is 4.74 Å². The number of hydrogen-bond donors (Lipinski definition) is 0. The van der Waals surface area contributed by atoms with Gasteiger partial charge >= 0.3 is 5.97 Å². The first-order chi connectivity index (χ1) is 7.74. The third kappa shape index (κ3) is 4.73. The Morgan fingerprint density at radius 2 is 1.94 bits per heavy atom. The highest BCUT2D eigenvalue weighted by molar-refractivity contribution is 6.35. The predicted octanol–water partition coefficient (Wildman–Crippen LogP) is 2.45. The number of rotatable bonds is 6. The average Bonchev–Trinajstić information content (AvgIpc) is 2.34. The molecule has 1 aromatic carbocycles. The second kappa shape index (κ2) is 7.36. The molecule has 0 saturated heterocycles. The molecule has 0 aliphatic heterocycles. The summed E-state index contributed by atoms with van der Waals surface area (Å²) in [6.07, 6.45) is 0. The SMILES string of the molecule is O=C(OCCOc1ccccc1)C(Cl)CCl. The fourth-order valence-corrected chi connectivity index (χ4v) is 1.16. The molecule has 0 N–H and O–H groups in total. The molecular weight excluding hydrogens is 251 g/mol. The van der Waals surface area contributed by atoms with E-state index in [1.807, 2.05) is 30.3 Å². The highest BCUT2D eigenvalue weighted by Gasteiger charge is 2.14. The second-order valence-corrected chi connectivity index (χ2v) is 3.79. The third-order valence-electron chi connectivity index (χ3n) is 1.73. The number of alkyl halides is 2. The largest absolute Gasteiger partial charge is 0.490 e. The van der Waals surface area contributed by atoms with Crippen molar-refractivity contribution in [2.24, 2.45) is 0 Å². The van der Waals surface area contributed by atoms with Gasteiger partial charge < -0.3 is 9.47 Å². The van der Waals surface area contributed by atoms with Crippen LogP contribution in [0.4, 0.5) is 0 Å². The maximum absolute atomic E-state index is 11.1. The summed E-state index contributed by atoms with van der Waals surface area (Å²) < 4.78 is 10.2. The van der Waals surface area contributed by atoms with E-state index >= 15 is 0 Å². The molecule has 88 valence electrons. The first-order valence-electron chi connectivity index (χ1n) is 4.78. The van der Waals surface area contributed by atoms with Crippen molar-refractivity contribution < 1.29 is 14.3 Å². The molecule has 0 aromatic heterocycles. The van der Waals surface area contributed by atoms with Gasteiger partial charge in [0.2, 0.25) is 0 Å². The van der Waals surface area contributed by atoms with Gasteiger partial charge in [-0.1, -0.05) is 18.2 Å². The van der Waals surface area contributed by atoms with Crippen molar-refractivity contribution in [3.63, 3.8) is 0 Å². The van der Waals surface area contributed by atoms with Crippen LogP contribution >= 0.6 is 23.2 Å². The van der Waals surface area contributed by atoms with Crippen molar-refractivity contribution in [2.45, 2.75) is 5.38 Å². The summed E-state index contributed by atoms with van der Waals surface area (Å²) in [7, 11) is 0. The molecule has 5 heteroatoms. The molecular formula is C11H12Cl2O3. The van der Waals surface area contributed by atoms with E-state index in [9.17, 15) is 4.79 Å². The molecule has 16 heavy (non-hydrogen) atoms. The van der Waals surface area contributed by atoms with Gasteiger partial charge in [-0.05, 0) is 12.1 Å². The number of benzene rings is 1. The fourth-order valence-electron chi connectivity index (χ4n) is 0.972. The maximum Gasteiger partial charge on any atom is 0.325 e. The van der Waals surface area contributed by atoms with E-state index in [0.717, 1.165) is 5.75 Å². The Hall–Kier alpha value is -0.930. The van der Waals surface area contributed by atoms with Gasteiger partial charge in [-0.3, -0.25) is 4.79 Å². The number of carbonyl (C=O) groups excluding carboxylic acids is 1. The van der Waals surface area contributed by atoms with Crippen LogP contribution in [0.15, 0.2) is 30.3 Å². The molecule has 0 spiro atoms. The van der Waals surface area contributed by atoms with E-state index in [4.69, 9.17) is 32.7 Å². The minimum absolute atomic E-state index is 0.0416. The van der Waals surface area contributed by atoms with Crippen LogP contribution in [0.2, 0.25) is 0 Å². The molecule has 0 fully saturated rings. The van der Waals surface area contributed by atoms with Crippen molar-refractivity contribution in [3.05, 3.63) is 30.3 Å². The molecule has 0 aliphatic rings. The van der Waals surface area contributed by atoms with Gasteiger partial charge in [-0.15, -0.1) is 23.2 Å². The minimum atomic E-state index is -0.793. The zero-order valence-corrected chi connectivity index (χ0v) is 10.1. The Morgan fingerprint density at radius 1 is 1.25 bits per heavy atom. The quantitative estimate of drug-likeness (QED) is 0.449. The zero-order chi connectivity index (χ0) is 11.8. The number of para-hydroxylation sites is 1. The van der Waals surface area contributed by atoms with E-state index in [1.165, 1.54) is 0 Å². The molecule has 0 radical (unpaired) electrons. The number of halogens is 2. The van der Waals surface area contributed by atoms with Gasteiger partial charge in [0.15, 0.2) is 0 Å². The lowest BCUT2D eigenvalue weighted by molar-refractivity contribution is -0.143. The van der Waals surface area contributed by atoms with Gasteiger partial charge in [-0.2, -0.15) is 0 Å². The van der Waals surface area contributed by atoms with Gasteiger partial charge in [0.1, 0.15) is 24.3 Å². The normalized spacial score (nSPS) is 11.9. The molecule has 0 aliphatic carbocycles. The van der Waals surface area contributed by atoms with Crippen LogP contribution in [0.5, 0.6) is 5.75 Å². The lowest BCUT2D eigenvalue weighted by Crippen LogP contribution is -2.21. The lowest BCUT2D eigenvalue weighted by atomic mass is 10.3. The summed E-state index contributed by atoms with van der Waals surface area (Å²) in [5, 5.41) is -0.793. The Kier molecular flexibility index (Phi) is 6.04. The fraction of sp³-hybridized carbons (Fsp3) is 0.364. The van der Waals surface area contributed by atoms with E-state index in [0.29, 0.717) is 6.61 Å². The first kappa shape index (κ1) is 13.1. The standard InChI is InChI=1S/C11H12Cl2O3/c12-8-10(13)11(14)16-7-6-15-9-4-2-1-3-5-9/h1-5,10H,6-8H2. The average molecular weight is 263 g/mol. The van der Waals surface area contributed by atoms with E-state index in [-0.39, 0.29) is 12.5 Å². The van der Waals surface area contributed by atoms with Crippen molar-refractivity contribution in [1.82, 2.24) is 0 Å². The molecule has 0 amide bonds. The predicted molar refractivity (Wildman–Crippen MR) is 63.3 cm³/mol. The van der Waals surface area contributed by atoms with Crippen LogP contribution in [0.25, 0.3) is 0 Å². The molecule has 1 rings (SSSR count). The molecule has 0 heterocycles. The number of carbonyl (C=O) groups is 1. The van der Waals surface area contributed by atoms with Crippen molar-refractivity contribution in [3.8, 4) is 5.75 Å². The van der Waals surface area contributed by atoms with Crippen molar-refractivity contribution in [1.29, 1.82) is 0 Å². The van der Waals surface area contributed by atoms with E-state index in [1.54, 1.807) is 0 Å². The maximum atomic E-state index is 11.1. The lowest BCUT2D eigenvalue weighted by Gasteiger charge is -2.08. The second-order valence-electron chi connectivity index (χ2n) is 2.95. The minimum Gasteiger partial charge on any atom is -0.490 e. The summed E-state index contributed by atoms with van der Waals surface area (Å²) in [6, 6.07) is 9.27. The topological polar surface area (TPSA) is 35.5 Å². The number of hydrogen-bond acceptors (Lipinski definition) is 3. The first-order valence-corrected chi connectivity index (χ1v) is 5.75. The monoisotopic (exact) mass is 262 g/mol. The Morgan fingerprint density at radius 3 is 2.56 bits per heavy atom. The zero-order valence-electron chi connectivity index (χ0n) is 8.57. The van der Waals surface area contributed by atoms with Gasteiger partial charge in [0.05, 0.1) is 0 Å². The summed E-state index contributed by atoms with van der Waals surface area (Å²) in [5.41, 5.74) is 0. The van der Waals surface area contributed by atoms with Gasteiger partial charge in [0, 0.05) is 5.88 Å². The van der Waals surface area contributed by atoms with Gasteiger partial charge in [0.25, 0.3) is 0 Å². The summed E-state index contributed by atoms with van der Waals surface area (Å²) in [4.78, 5) is 11.1. The Labute approximate surface area is 104 Å². The summed E-state index contributed by atoms with van der Waals surface area (Å²) in [6.45, 7) is 0.454. The number of esters is 1. The van der Waals surface area contributed by atoms with Crippen LogP contribution in [0.3, 0.4) is 0 Å². The van der Waals surface area contributed by atoms with Crippen molar-refractivity contribution in [2.75, 3.05) is 19.1 Å². The molecule has 1 unspecified atom stereocenters. The highest BCUT2D eigenvalue weighted by Crippen LogP contribution is 2.08. The van der Waals surface area contributed by atoms with Gasteiger partial charge in [-0.25, -0.2) is 0 Å². The number of ether oxygens (including phenoxy) is 2. The highest BCUT2D eigenvalue weighted by atomic mass is 35.5. The smallest absolute Gasteiger partial charge is 0.325 e. The van der Waals surface area contributed by atoms with Crippen LogP contribution in [0.1, 0.15) is 0 Å². The third-order valence-corrected chi connectivity index (χ3v) is 2.53. The molecule has 3 nitrogen and oxygen atoms in total. The summed E-state index contributed by atoms with van der Waals surface area (Å²) in [5.74, 6) is 0.256. The van der Waals surface area contributed by atoms with Crippen molar-refractivity contribution >= 4 is 29.2 Å². The molecule has 0 bridgehead atoms. The van der Waals surface area contributed by atoms with Crippen LogP contribution in [-0.2, 0) is 9.53 Å². The van der Waals surface area contributed by atoms with E-state index < -0.39 is 11.3 Å². The van der Waals surface area contributed by atoms with Crippen LogP contribution in [0, 0.1) is 0 Å². The Balaban J connectivity index is 2.15. The molecule has 0 saturated carbocycles. The molecule has 1 atom stereocenters. The Bertz CT molecular complexity index is 316. The molecule has 1 aromatic rings. The summed E-state index contributed by atoms with van der Waals surface area (Å²) >= 11 is 11.0. The van der Waals surface area contributed by atoms with Crippen LogP contribution in [-0.4, -0.2) is 30.4 Å². The van der Waals surface area contributed by atoms with E-state index in [2.05, 4.69) is 0 Å².